The molecule has 1 aliphatic heterocycles. The van der Waals surface area contributed by atoms with Crippen LogP contribution >= 0.6 is 0 Å². The first-order valence-electron chi connectivity index (χ1n) is 11.2. The van der Waals surface area contributed by atoms with Gasteiger partial charge < -0.3 is 18.9 Å². The van der Waals surface area contributed by atoms with Crippen LogP contribution in [-0.2, 0) is 0 Å². The number of fused-ring (bicyclic) bond motifs is 1. The van der Waals surface area contributed by atoms with Crippen molar-refractivity contribution in [2.75, 3.05) is 27.9 Å². The molecule has 0 aromatic heterocycles. The molecule has 1 aliphatic rings. The second-order valence-electron chi connectivity index (χ2n) is 8.07. The maximum atomic E-state index is 6.51. The summed E-state index contributed by atoms with van der Waals surface area (Å²) < 4.78 is 23.2. The number of methoxy groups -OCH3 is 2. The zero-order chi connectivity index (χ0) is 23.4. The number of hydrogen-bond acceptors (Lipinski definition) is 5. The lowest BCUT2D eigenvalue weighted by Crippen LogP contribution is -2.37. The zero-order valence-corrected chi connectivity index (χ0v) is 19.7. The fourth-order valence-electron chi connectivity index (χ4n) is 4.32. The largest absolute Gasteiger partial charge is 0.497 e. The molecule has 0 amide bonds. The lowest BCUT2D eigenvalue weighted by Gasteiger charge is -2.41. The Morgan fingerprint density at radius 3 is 2.42 bits per heavy atom. The van der Waals surface area contributed by atoms with E-state index in [0.29, 0.717) is 6.61 Å². The van der Waals surface area contributed by atoms with E-state index in [4.69, 9.17) is 18.9 Å². The lowest BCUT2D eigenvalue weighted by molar-refractivity contribution is -0.0119. The molecule has 3 aromatic rings. The summed E-state index contributed by atoms with van der Waals surface area (Å²) in [5, 5.41) is 0. The predicted octanol–water partition coefficient (Wildman–Crippen LogP) is 6.27. The van der Waals surface area contributed by atoms with Gasteiger partial charge in [-0.05, 0) is 61.9 Å². The molecule has 0 saturated heterocycles. The van der Waals surface area contributed by atoms with Crippen molar-refractivity contribution in [3.05, 3.63) is 90.0 Å². The molecule has 1 heterocycles. The Hall–Kier alpha value is -3.44. The summed E-state index contributed by atoms with van der Waals surface area (Å²) in [5.41, 5.74) is 4.25. The third-order valence-corrected chi connectivity index (χ3v) is 6.07. The normalized spacial score (nSPS) is 17.6. The van der Waals surface area contributed by atoms with Gasteiger partial charge in [-0.2, -0.15) is 0 Å². The van der Waals surface area contributed by atoms with E-state index in [0.717, 1.165) is 51.7 Å². The van der Waals surface area contributed by atoms with Gasteiger partial charge in [0.25, 0.3) is 0 Å². The van der Waals surface area contributed by atoms with Crippen LogP contribution in [0.3, 0.4) is 0 Å². The maximum absolute atomic E-state index is 6.51. The van der Waals surface area contributed by atoms with Crippen LogP contribution in [-0.4, -0.2) is 32.8 Å². The van der Waals surface area contributed by atoms with Crippen LogP contribution in [0.5, 0.6) is 23.0 Å². The molecule has 2 atom stereocenters. The maximum Gasteiger partial charge on any atom is 0.179 e. The molecule has 172 valence electrons. The first-order chi connectivity index (χ1) is 16.0. The summed E-state index contributed by atoms with van der Waals surface area (Å²) in [6.45, 7) is 7.04. The van der Waals surface area contributed by atoms with Crippen LogP contribution in [0.1, 0.15) is 42.3 Å². The summed E-state index contributed by atoms with van der Waals surface area (Å²) in [6.07, 6.45) is 0.455. The molecule has 0 bridgehead atoms. The number of hydrogen-bond donors (Lipinski definition) is 0. The van der Waals surface area contributed by atoms with Crippen molar-refractivity contribution in [1.82, 2.24) is 4.90 Å². The third-order valence-electron chi connectivity index (χ3n) is 6.07. The fraction of sp³-hybridized carbons (Fsp3) is 0.286. The van der Waals surface area contributed by atoms with Crippen LogP contribution in [0, 0.1) is 0 Å². The highest BCUT2D eigenvalue weighted by atomic mass is 16.5. The van der Waals surface area contributed by atoms with Gasteiger partial charge in [0.15, 0.2) is 17.7 Å². The third kappa shape index (κ3) is 4.69. The Kier molecular flexibility index (Phi) is 6.90. The van der Waals surface area contributed by atoms with Crippen molar-refractivity contribution in [3.63, 3.8) is 0 Å². The quantitative estimate of drug-likeness (QED) is 0.409. The standard InChI is InChI=1S/C28H31NO4/c1-6-32-22-15-13-20(14-16-22)19(2)17-25-24-11-8-12-26(31-5)27(24)33-28(29(25)3)21-9-7-10-23(18-21)30-4/h7-16,18,25,28H,2,6,17H2,1,3-5H3. The number of para-hydroxylation sites is 1. The summed E-state index contributed by atoms with van der Waals surface area (Å²) in [7, 11) is 5.43. The Labute approximate surface area is 196 Å². The van der Waals surface area contributed by atoms with Gasteiger partial charge in [-0.15, -0.1) is 0 Å². The Bertz CT molecular complexity index is 1110. The van der Waals surface area contributed by atoms with E-state index >= 15 is 0 Å². The van der Waals surface area contributed by atoms with Gasteiger partial charge in [-0.3, -0.25) is 4.90 Å². The Morgan fingerprint density at radius 1 is 0.970 bits per heavy atom. The van der Waals surface area contributed by atoms with Crippen molar-refractivity contribution in [2.45, 2.75) is 25.6 Å². The molecule has 3 aromatic carbocycles. The number of nitrogens with zero attached hydrogens (tertiary/aromatic N) is 1. The van der Waals surface area contributed by atoms with Gasteiger partial charge in [0.1, 0.15) is 11.5 Å². The van der Waals surface area contributed by atoms with E-state index < -0.39 is 0 Å². The number of ether oxygens (including phenoxy) is 4. The van der Waals surface area contributed by atoms with E-state index in [2.05, 4.69) is 42.8 Å². The van der Waals surface area contributed by atoms with Gasteiger partial charge in [0, 0.05) is 17.2 Å². The van der Waals surface area contributed by atoms with Crippen molar-refractivity contribution < 1.29 is 18.9 Å². The van der Waals surface area contributed by atoms with Gasteiger partial charge in [0.05, 0.1) is 20.8 Å². The molecule has 0 aliphatic carbocycles. The minimum atomic E-state index is -0.290. The van der Waals surface area contributed by atoms with Crippen molar-refractivity contribution >= 4 is 5.57 Å². The molecule has 0 saturated carbocycles. The predicted molar refractivity (Wildman–Crippen MR) is 131 cm³/mol. The van der Waals surface area contributed by atoms with Crippen molar-refractivity contribution in [2.24, 2.45) is 0 Å². The molecule has 2 unspecified atom stereocenters. The number of rotatable bonds is 8. The summed E-state index contributed by atoms with van der Waals surface area (Å²) in [5.74, 6) is 3.16. The fourth-order valence-corrected chi connectivity index (χ4v) is 4.32. The van der Waals surface area contributed by atoms with Crippen LogP contribution < -0.4 is 18.9 Å². The molecule has 0 N–H and O–H groups in total. The second kappa shape index (κ2) is 10.0. The highest BCUT2D eigenvalue weighted by Gasteiger charge is 2.36. The van der Waals surface area contributed by atoms with Gasteiger partial charge in [-0.1, -0.05) is 43.0 Å². The summed E-state index contributed by atoms with van der Waals surface area (Å²) >= 11 is 0. The smallest absolute Gasteiger partial charge is 0.179 e. The summed E-state index contributed by atoms with van der Waals surface area (Å²) in [6, 6.07) is 22.2. The minimum Gasteiger partial charge on any atom is -0.497 e. The molecule has 5 nitrogen and oxygen atoms in total. The van der Waals surface area contributed by atoms with E-state index in [1.54, 1.807) is 14.2 Å². The molecule has 4 rings (SSSR count). The van der Waals surface area contributed by atoms with Gasteiger partial charge >= 0.3 is 0 Å². The molecular weight excluding hydrogens is 414 g/mol. The average molecular weight is 446 g/mol. The van der Waals surface area contributed by atoms with E-state index in [1.165, 1.54) is 0 Å². The van der Waals surface area contributed by atoms with Gasteiger partial charge in [0.2, 0.25) is 0 Å². The van der Waals surface area contributed by atoms with E-state index in [9.17, 15) is 0 Å². The number of benzene rings is 3. The molecule has 0 fully saturated rings. The first-order valence-corrected chi connectivity index (χ1v) is 11.2. The second-order valence-corrected chi connectivity index (χ2v) is 8.07. The minimum absolute atomic E-state index is 0.0547. The first kappa shape index (κ1) is 22.7. The van der Waals surface area contributed by atoms with Crippen molar-refractivity contribution in [3.8, 4) is 23.0 Å². The SMILES string of the molecule is C=C(CC1c2cccc(OC)c2OC(c2cccc(OC)c2)N1C)c1ccc(OCC)cc1. The summed E-state index contributed by atoms with van der Waals surface area (Å²) in [4.78, 5) is 2.25. The Morgan fingerprint density at radius 2 is 1.73 bits per heavy atom. The molecule has 33 heavy (non-hydrogen) atoms. The Balaban J connectivity index is 1.68. The molecule has 0 spiro atoms. The average Bonchev–Trinajstić information content (AvgIpc) is 2.85. The van der Waals surface area contributed by atoms with Crippen LogP contribution in [0.4, 0.5) is 0 Å². The highest BCUT2D eigenvalue weighted by Crippen LogP contribution is 2.48. The highest BCUT2D eigenvalue weighted by molar-refractivity contribution is 5.65. The monoisotopic (exact) mass is 445 g/mol. The topological polar surface area (TPSA) is 40.2 Å². The lowest BCUT2D eigenvalue weighted by atomic mass is 9.91. The molecular formula is C28H31NO4. The van der Waals surface area contributed by atoms with E-state index in [1.807, 2.05) is 49.4 Å². The molecule has 5 heteroatoms. The van der Waals surface area contributed by atoms with Crippen molar-refractivity contribution in [1.29, 1.82) is 0 Å². The zero-order valence-electron chi connectivity index (χ0n) is 19.7. The van der Waals surface area contributed by atoms with E-state index in [-0.39, 0.29) is 12.3 Å². The van der Waals surface area contributed by atoms with Crippen LogP contribution in [0.25, 0.3) is 5.57 Å². The molecule has 0 radical (unpaired) electrons. The van der Waals surface area contributed by atoms with Crippen LogP contribution in [0.15, 0.2) is 73.3 Å². The van der Waals surface area contributed by atoms with Gasteiger partial charge in [-0.25, -0.2) is 0 Å². The van der Waals surface area contributed by atoms with Crippen LogP contribution in [0.2, 0.25) is 0 Å².